The van der Waals surface area contributed by atoms with Crippen LogP contribution < -0.4 is 21.3 Å². The molecule has 18 heteroatoms. The van der Waals surface area contributed by atoms with E-state index in [1.165, 1.54) is 23.6 Å². The molecule has 2 aromatic carbocycles. The molecule has 7 amide bonds. The van der Waals surface area contributed by atoms with Crippen molar-refractivity contribution < 1.29 is 43.4 Å². The Bertz CT molecular complexity index is 1950. The summed E-state index contributed by atoms with van der Waals surface area (Å²) >= 11 is 6.01. The minimum atomic E-state index is -1.62. The second kappa shape index (κ2) is 18.3. The Hall–Kier alpha value is -5.26. The first-order valence-electron chi connectivity index (χ1n) is 20.0. The summed E-state index contributed by atoms with van der Waals surface area (Å²) in [5.41, 5.74) is 2.02. The first kappa shape index (κ1) is 43.3. The van der Waals surface area contributed by atoms with Crippen LogP contribution in [0, 0.1) is 12.8 Å². The number of urea groups is 1. The average molecular weight is 837 g/mol. The molecule has 0 aromatic heterocycles. The smallest absolute Gasteiger partial charge is 0.329 e. The van der Waals surface area contributed by atoms with Crippen molar-refractivity contribution in [1.82, 2.24) is 35.6 Å². The number of rotatable bonds is 6. The maximum absolute atomic E-state index is 14.8. The number of aliphatic hydroxyl groups is 1. The molecule has 0 unspecified atom stereocenters. The van der Waals surface area contributed by atoms with Gasteiger partial charge in [0.05, 0.1) is 6.10 Å². The summed E-state index contributed by atoms with van der Waals surface area (Å²) in [7, 11) is 1.80. The van der Waals surface area contributed by atoms with E-state index < -0.39 is 90.0 Å². The van der Waals surface area contributed by atoms with Gasteiger partial charge in [0.1, 0.15) is 42.4 Å². The molecule has 0 saturated carbocycles. The SMILES string of the molecule is Cc1cccc(C[C@H](NC(=O)Nc2ccc(Cl)cc2)C(=O)N[C@@H]2C(=O)N3C[C@H](O)C[C@H]3C(=O)N3CCN(C)C[C@H]3C(=O)N[C@@H](C)C(=O)N3C[C@H](C)C[C@H]3C(=O)O[C@H]2C)c1. The first-order valence-corrected chi connectivity index (χ1v) is 20.3. The van der Waals surface area contributed by atoms with Crippen LogP contribution in [0.2, 0.25) is 5.02 Å². The molecular formula is C41H53ClN8O9. The van der Waals surface area contributed by atoms with Crippen LogP contribution in [0.25, 0.3) is 0 Å². The second-order valence-corrected chi connectivity index (χ2v) is 16.7. The number of nitrogens with zero attached hydrogens (tertiary/aromatic N) is 4. The van der Waals surface area contributed by atoms with Crippen LogP contribution >= 0.6 is 11.6 Å². The van der Waals surface area contributed by atoms with Crippen molar-refractivity contribution in [1.29, 1.82) is 0 Å². The number of hydrogen-bond donors (Lipinski definition) is 5. The molecule has 17 nitrogen and oxygen atoms in total. The number of esters is 1. The highest BCUT2D eigenvalue weighted by molar-refractivity contribution is 6.30. The van der Waals surface area contributed by atoms with Crippen molar-refractivity contribution in [2.45, 2.75) is 95.4 Å². The fourth-order valence-corrected chi connectivity index (χ4v) is 8.43. The predicted molar refractivity (Wildman–Crippen MR) is 216 cm³/mol. The van der Waals surface area contributed by atoms with E-state index in [1.54, 1.807) is 37.4 Å². The number of ether oxygens (including phenoxy) is 1. The minimum absolute atomic E-state index is 0.00223. The highest BCUT2D eigenvalue weighted by atomic mass is 35.5. The molecule has 4 saturated heterocycles. The number of aryl methyl sites for hydroxylation is 1. The highest BCUT2D eigenvalue weighted by Crippen LogP contribution is 2.28. The fraction of sp³-hybridized carbons (Fsp3) is 0.537. The van der Waals surface area contributed by atoms with E-state index in [2.05, 4.69) is 21.3 Å². The molecule has 0 spiro atoms. The molecule has 4 heterocycles. The third-order valence-corrected chi connectivity index (χ3v) is 11.6. The number of nitrogens with one attached hydrogen (secondary N) is 4. The molecule has 318 valence electrons. The molecule has 6 rings (SSSR count). The van der Waals surface area contributed by atoms with Gasteiger partial charge in [-0.25, -0.2) is 9.59 Å². The van der Waals surface area contributed by atoms with Crippen molar-refractivity contribution >= 4 is 58.8 Å². The van der Waals surface area contributed by atoms with Gasteiger partial charge in [0.15, 0.2) is 0 Å². The van der Waals surface area contributed by atoms with E-state index in [9.17, 15) is 38.7 Å². The lowest BCUT2D eigenvalue weighted by Crippen LogP contribution is -2.65. The molecule has 59 heavy (non-hydrogen) atoms. The molecule has 5 N–H and O–H groups in total. The van der Waals surface area contributed by atoms with Gasteiger partial charge in [-0.3, -0.25) is 24.0 Å². The molecule has 9 atom stereocenters. The number of anilines is 1. The zero-order valence-corrected chi connectivity index (χ0v) is 34.6. The lowest BCUT2D eigenvalue weighted by molar-refractivity contribution is -0.163. The van der Waals surface area contributed by atoms with E-state index in [0.29, 0.717) is 22.8 Å². The number of aliphatic hydroxyl groups excluding tert-OH is 1. The summed E-state index contributed by atoms with van der Waals surface area (Å²) in [5.74, 6) is -4.22. The standard InChI is InChI=1S/C41H53ClN8O9/c1-22-7-6-8-26(15-22)17-30(45-41(58)44-28-11-9-27(42)10-12-28)35(52)46-34-25(4)59-40(57)32-16-23(2)19-49(32)37(54)24(3)43-36(53)33-21-47(5)13-14-48(33)38(55)31-18-29(51)20-50(31)39(34)56/h6-12,15,23-25,29-34,51H,13-14,16-21H2,1-5H3,(H,43,53)(H,46,52)(H2,44,45,58)/t23-,24+,25+,29-,30+,31+,32+,33+,34+/m1/s1. The fourth-order valence-electron chi connectivity index (χ4n) is 8.31. The monoisotopic (exact) mass is 836 g/mol. The first-order chi connectivity index (χ1) is 28.0. The van der Waals surface area contributed by atoms with Gasteiger partial charge >= 0.3 is 12.0 Å². The van der Waals surface area contributed by atoms with Crippen LogP contribution in [0.4, 0.5) is 10.5 Å². The van der Waals surface area contributed by atoms with E-state index in [-0.39, 0.29) is 51.4 Å². The predicted octanol–water partition coefficient (Wildman–Crippen LogP) is 0.657. The average Bonchev–Trinajstić information content (AvgIpc) is 3.78. The van der Waals surface area contributed by atoms with Crippen molar-refractivity contribution in [3.05, 3.63) is 64.7 Å². The van der Waals surface area contributed by atoms with Crippen LogP contribution in [0.5, 0.6) is 0 Å². The summed E-state index contributed by atoms with van der Waals surface area (Å²) in [6, 6.07) is 5.72. The van der Waals surface area contributed by atoms with Gasteiger partial charge in [-0.1, -0.05) is 48.4 Å². The lowest BCUT2D eigenvalue weighted by Gasteiger charge is -2.42. The van der Waals surface area contributed by atoms with Crippen LogP contribution in [0.1, 0.15) is 44.7 Å². The molecule has 4 aliphatic heterocycles. The maximum atomic E-state index is 14.8. The normalized spacial score (nSPS) is 28.9. The van der Waals surface area contributed by atoms with Crippen LogP contribution in [0.3, 0.4) is 0 Å². The Morgan fingerprint density at radius 1 is 0.881 bits per heavy atom. The number of cyclic esters (lactones) is 1. The Labute approximate surface area is 348 Å². The Kier molecular flexibility index (Phi) is 13.5. The third-order valence-electron chi connectivity index (χ3n) is 11.4. The van der Waals surface area contributed by atoms with Crippen molar-refractivity contribution in [3.63, 3.8) is 0 Å². The van der Waals surface area contributed by atoms with Crippen molar-refractivity contribution in [3.8, 4) is 0 Å². The second-order valence-electron chi connectivity index (χ2n) is 16.3. The number of amides is 7. The van der Waals surface area contributed by atoms with Crippen molar-refractivity contribution in [2.24, 2.45) is 5.92 Å². The molecule has 2 aromatic rings. The molecule has 0 bridgehead atoms. The number of fused-ring (bicyclic) bond motifs is 3. The van der Waals surface area contributed by atoms with E-state index in [1.807, 2.05) is 36.9 Å². The topological polar surface area (TPSA) is 210 Å². The molecule has 0 radical (unpaired) electrons. The largest absolute Gasteiger partial charge is 0.458 e. The zero-order valence-electron chi connectivity index (χ0n) is 33.9. The van der Waals surface area contributed by atoms with E-state index >= 15 is 0 Å². The summed E-state index contributed by atoms with van der Waals surface area (Å²) in [6.45, 7) is 7.34. The summed E-state index contributed by atoms with van der Waals surface area (Å²) in [6.07, 6.45) is -2.37. The third kappa shape index (κ3) is 10.1. The Morgan fingerprint density at radius 2 is 1.59 bits per heavy atom. The van der Waals surface area contributed by atoms with Gasteiger partial charge in [0.25, 0.3) is 0 Å². The van der Waals surface area contributed by atoms with E-state index in [4.69, 9.17) is 16.3 Å². The van der Waals surface area contributed by atoms with Crippen LogP contribution in [-0.4, -0.2) is 154 Å². The number of carbonyl (C=O) groups is 7. The van der Waals surface area contributed by atoms with Crippen molar-refractivity contribution in [2.75, 3.05) is 45.1 Å². The van der Waals surface area contributed by atoms with Crippen LogP contribution in [-0.2, 0) is 39.9 Å². The minimum Gasteiger partial charge on any atom is -0.458 e. The summed E-state index contributed by atoms with van der Waals surface area (Å²) in [4.78, 5) is 104. The zero-order chi connectivity index (χ0) is 42.7. The van der Waals surface area contributed by atoms with Crippen LogP contribution in [0.15, 0.2) is 48.5 Å². The number of halogens is 1. The van der Waals surface area contributed by atoms with Gasteiger partial charge in [-0.2, -0.15) is 0 Å². The van der Waals surface area contributed by atoms with Gasteiger partial charge in [0.2, 0.25) is 29.5 Å². The number of hydrogen-bond acceptors (Lipinski definition) is 10. The number of likely N-dealkylation sites (N-methyl/N-ethyl adjacent to an activating group) is 1. The number of piperazine rings is 1. The summed E-state index contributed by atoms with van der Waals surface area (Å²) in [5, 5.41) is 22.2. The molecule has 4 fully saturated rings. The molecule has 0 aliphatic carbocycles. The number of benzene rings is 2. The Morgan fingerprint density at radius 3 is 2.31 bits per heavy atom. The lowest BCUT2D eigenvalue weighted by atomic mass is 10.0. The molecule has 4 aliphatic rings. The summed E-state index contributed by atoms with van der Waals surface area (Å²) < 4.78 is 5.93. The van der Waals surface area contributed by atoms with Gasteiger partial charge < -0.3 is 50.7 Å². The highest BCUT2D eigenvalue weighted by Gasteiger charge is 2.49. The maximum Gasteiger partial charge on any atom is 0.329 e. The number of carbonyl (C=O) groups excluding carboxylic acids is 7. The quantitative estimate of drug-likeness (QED) is 0.257. The van der Waals surface area contributed by atoms with Gasteiger partial charge in [0, 0.05) is 56.3 Å². The molecular weight excluding hydrogens is 784 g/mol. The van der Waals surface area contributed by atoms with Gasteiger partial charge in [-0.05, 0) is 70.0 Å². The van der Waals surface area contributed by atoms with Gasteiger partial charge in [-0.15, -0.1) is 0 Å². The van der Waals surface area contributed by atoms with E-state index in [0.717, 1.165) is 10.5 Å². The Balaban J connectivity index is 1.35.